The van der Waals surface area contributed by atoms with Crippen molar-refractivity contribution in [3.63, 3.8) is 0 Å². The predicted octanol–water partition coefficient (Wildman–Crippen LogP) is 4.30. The average molecular weight is 540 g/mol. The van der Waals surface area contributed by atoms with E-state index in [1.807, 2.05) is 6.08 Å². The summed E-state index contributed by atoms with van der Waals surface area (Å²) in [7, 11) is 0. The molecule has 3 aliphatic heterocycles. The second kappa shape index (κ2) is 10.8. The number of nitrogens with zero attached hydrogens (tertiary/aromatic N) is 3. The van der Waals surface area contributed by atoms with Gasteiger partial charge in [-0.1, -0.05) is 17.7 Å². The Morgan fingerprint density at radius 1 is 1.26 bits per heavy atom. The second-order valence-corrected chi connectivity index (χ2v) is 10.0. The summed E-state index contributed by atoms with van der Waals surface area (Å²) in [5.41, 5.74) is 1.67. The zero-order valence-electron chi connectivity index (χ0n) is 20.5. The molecule has 1 amide bonds. The zero-order valence-corrected chi connectivity index (χ0v) is 21.3. The quantitative estimate of drug-likeness (QED) is 0.409. The van der Waals surface area contributed by atoms with Gasteiger partial charge in [-0.3, -0.25) is 9.69 Å². The van der Waals surface area contributed by atoms with Gasteiger partial charge in [0.1, 0.15) is 29.8 Å². The molecule has 2 N–H and O–H groups in total. The van der Waals surface area contributed by atoms with E-state index in [2.05, 4.69) is 25.5 Å². The standard InChI is InChI=1S/C27H27ClFN5O4/c28-21-8-16(3-4-22(21)29)32-27-20-10-24(25(11-23(20)30-15-31-27)38-18-5-7-36-14-18)33-26(35)2-1-6-34-12-19-9-17(34)13-37-19/h1-4,8,10-11,15,17-19H,5-7,9,12-14H2,(H,33,35)(H,30,31,32)/t17?,18-,19-/m1/s1. The molecule has 3 aromatic rings. The van der Waals surface area contributed by atoms with Crippen LogP contribution in [0.1, 0.15) is 12.8 Å². The molecule has 3 fully saturated rings. The summed E-state index contributed by atoms with van der Waals surface area (Å²) >= 11 is 5.95. The summed E-state index contributed by atoms with van der Waals surface area (Å²) in [5, 5.41) is 6.76. The molecule has 0 aliphatic carbocycles. The van der Waals surface area contributed by atoms with Crippen molar-refractivity contribution in [2.45, 2.75) is 31.1 Å². The Morgan fingerprint density at radius 2 is 2.18 bits per heavy atom. The molecule has 198 valence electrons. The van der Waals surface area contributed by atoms with Gasteiger partial charge in [-0.15, -0.1) is 0 Å². The molecule has 0 saturated carbocycles. The smallest absolute Gasteiger partial charge is 0.248 e. The molecule has 2 bridgehead atoms. The SMILES string of the molecule is O=C(C=CCN1C[C@H]2CC1CO2)Nc1cc2c(Nc3ccc(F)c(Cl)c3)ncnc2cc1O[C@@H]1CCOC1. The third-order valence-electron chi connectivity index (χ3n) is 6.98. The van der Waals surface area contributed by atoms with Gasteiger partial charge in [0, 0.05) is 48.8 Å². The van der Waals surface area contributed by atoms with E-state index in [1.165, 1.54) is 18.5 Å². The number of ether oxygens (including phenoxy) is 3. The summed E-state index contributed by atoms with van der Waals surface area (Å²) in [4.78, 5) is 24.0. The van der Waals surface area contributed by atoms with Crippen LogP contribution in [0.15, 0.2) is 48.8 Å². The molecule has 3 saturated heterocycles. The summed E-state index contributed by atoms with van der Waals surface area (Å²) in [6, 6.07) is 8.31. The van der Waals surface area contributed by atoms with E-state index in [1.54, 1.807) is 24.3 Å². The fourth-order valence-electron chi connectivity index (χ4n) is 5.05. The van der Waals surface area contributed by atoms with Crippen molar-refractivity contribution in [3.05, 3.63) is 59.7 Å². The van der Waals surface area contributed by atoms with Gasteiger partial charge in [0.2, 0.25) is 5.91 Å². The van der Waals surface area contributed by atoms with Crippen LogP contribution in [0.4, 0.5) is 21.6 Å². The van der Waals surface area contributed by atoms with Crippen molar-refractivity contribution >= 4 is 45.6 Å². The topological polar surface area (TPSA) is 97.8 Å². The Balaban J connectivity index is 1.25. The predicted molar refractivity (Wildman–Crippen MR) is 142 cm³/mol. The number of carbonyl (C=O) groups is 1. The Labute approximate surface area is 223 Å². The van der Waals surface area contributed by atoms with Gasteiger partial charge in [-0.25, -0.2) is 14.4 Å². The summed E-state index contributed by atoms with van der Waals surface area (Å²) in [6.45, 7) is 3.46. The van der Waals surface area contributed by atoms with E-state index in [-0.39, 0.29) is 17.0 Å². The third kappa shape index (κ3) is 5.44. The van der Waals surface area contributed by atoms with Crippen LogP contribution in [0.25, 0.3) is 10.9 Å². The highest BCUT2D eigenvalue weighted by molar-refractivity contribution is 6.31. The number of carbonyl (C=O) groups excluding carboxylic acids is 1. The molecule has 38 heavy (non-hydrogen) atoms. The zero-order chi connectivity index (χ0) is 26.1. The summed E-state index contributed by atoms with van der Waals surface area (Å²) in [6.07, 6.45) is 6.86. The molecule has 3 atom stereocenters. The largest absolute Gasteiger partial charge is 0.486 e. The highest BCUT2D eigenvalue weighted by Crippen LogP contribution is 2.35. The first-order chi connectivity index (χ1) is 18.5. The Bertz CT molecular complexity index is 1380. The van der Waals surface area contributed by atoms with Crippen molar-refractivity contribution < 1.29 is 23.4 Å². The fraction of sp³-hybridized carbons (Fsp3) is 0.370. The minimum absolute atomic E-state index is 0.00291. The molecule has 4 heterocycles. The van der Waals surface area contributed by atoms with Crippen LogP contribution in [-0.2, 0) is 14.3 Å². The number of halogens is 2. The van der Waals surface area contributed by atoms with E-state index < -0.39 is 5.82 Å². The number of amides is 1. The molecule has 6 rings (SSSR count). The number of nitrogens with one attached hydrogen (secondary N) is 2. The molecular formula is C27H27ClFN5O4. The van der Waals surface area contributed by atoms with Gasteiger partial charge >= 0.3 is 0 Å². The van der Waals surface area contributed by atoms with Crippen LogP contribution < -0.4 is 15.4 Å². The lowest BCUT2D eigenvalue weighted by atomic mass is 10.1. The van der Waals surface area contributed by atoms with Crippen LogP contribution in [0.3, 0.4) is 0 Å². The lowest BCUT2D eigenvalue weighted by Crippen LogP contribution is -2.36. The second-order valence-electron chi connectivity index (χ2n) is 9.64. The first-order valence-electron chi connectivity index (χ1n) is 12.6. The average Bonchev–Trinajstić information content (AvgIpc) is 3.66. The third-order valence-corrected chi connectivity index (χ3v) is 7.27. The van der Waals surface area contributed by atoms with E-state index in [0.29, 0.717) is 65.7 Å². The normalized spacial score (nSPS) is 22.9. The minimum atomic E-state index is -0.508. The molecular weight excluding hydrogens is 513 g/mol. The van der Waals surface area contributed by atoms with Crippen LogP contribution in [0.5, 0.6) is 5.75 Å². The molecule has 0 spiro atoms. The Morgan fingerprint density at radius 3 is 2.95 bits per heavy atom. The molecule has 3 aliphatic rings. The van der Waals surface area contributed by atoms with Crippen molar-refractivity contribution in [1.29, 1.82) is 0 Å². The van der Waals surface area contributed by atoms with Gasteiger partial charge in [0.15, 0.2) is 0 Å². The number of anilines is 3. The van der Waals surface area contributed by atoms with Crippen molar-refractivity contribution in [1.82, 2.24) is 14.9 Å². The van der Waals surface area contributed by atoms with Crippen LogP contribution in [-0.4, -0.2) is 71.9 Å². The van der Waals surface area contributed by atoms with E-state index in [4.69, 9.17) is 25.8 Å². The number of hydrogen-bond donors (Lipinski definition) is 2. The van der Waals surface area contributed by atoms with Gasteiger partial charge in [-0.05, 0) is 30.7 Å². The monoisotopic (exact) mass is 539 g/mol. The molecule has 1 aromatic heterocycles. The lowest BCUT2D eigenvalue weighted by Gasteiger charge is -2.25. The maximum Gasteiger partial charge on any atom is 0.248 e. The maximum atomic E-state index is 13.6. The van der Waals surface area contributed by atoms with Gasteiger partial charge < -0.3 is 24.8 Å². The number of benzene rings is 2. The molecule has 0 radical (unpaired) electrons. The highest BCUT2D eigenvalue weighted by Gasteiger charge is 2.38. The number of likely N-dealkylation sites (tertiary alicyclic amines) is 1. The van der Waals surface area contributed by atoms with Crippen molar-refractivity contribution in [2.24, 2.45) is 0 Å². The van der Waals surface area contributed by atoms with Gasteiger partial charge in [-0.2, -0.15) is 0 Å². The number of morpholine rings is 1. The highest BCUT2D eigenvalue weighted by atomic mass is 35.5. The fourth-order valence-corrected chi connectivity index (χ4v) is 5.23. The Kier molecular flexibility index (Phi) is 7.12. The number of rotatable bonds is 8. The van der Waals surface area contributed by atoms with E-state index in [9.17, 15) is 9.18 Å². The molecule has 11 heteroatoms. The molecule has 2 aromatic carbocycles. The number of hydrogen-bond acceptors (Lipinski definition) is 8. The van der Waals surface area contributed by atoms with Gasteiger partial charge in [0.25, 0.3) is 0 Å². The van der Waals surface area contributed by atoms with E-state index >= 15 is 0 Å². The number of fused-ring (bicyclic) bond motifs is 3. The van der Waals surface area contributed by atoms with E-state index in [0.717, 1.165) is 26.0 Å². The van der Waals surface area contributed by atoms with Crippen molar-refractivity contribution in [2.75, 3.05) is 43.5 Å². The molecule has 9 nitrogen and oxygen atoms in total. The van der Waals surface area contributed by atoms with Crippen LogP contribution in [0.2, 0.25) is 5.02 Å². The minimum Gasteiger partial charge on any atom is -0.486 e. The number of aromatic nitrogens is 2. The maximum absolute atomic E-state index is 13.6. The first kappa shape index (κ1) is 25.0. The van der Waals surface area contributed by atoms with Crippen LogP contribution in [0, 0.1) is 5.82 Å². The van der Waals surface area contributed by atoms with Gasteiger partial charge in [0.05, 0.1) is 42.2 Å². The molecule has 1 unspecified atom stereocenters. The summed E-state index contributed by atoms with van der Waals surface area (Å²) < 4.78 is 30.9. The Hall–Kier alpha value is -3.31. The summed E-state index contributed by atoms with van der Waals surface area (Å²) in [5.74, 6) is 0.198. The first-order valence-corrected chi connectivity index (χ1v) is 13.0. The van der Waals surface area contributed by atoms with Crippen LogP contribution >= 0.6 is 11.6 Å². The lowest BCUT2D eigenvalue weighted by molar-refractivity contribution is -0.111. The van der Waals surface area contributed by atoms with Crippen molar-refractivity contribution in [3.8, 4) is 5.75 Å².